The molecule has 1 aromatic rings. The van der Waals surface area contributed by atoms with Gasteiger partial charge in [-0.2, -0.15) is 31.4 Å². The monoisotopic (exact) mass is 319 g/mol. The molecule has 0 aliphatic carbocycles. The standard InChI is InChI=1S/C11H15F6N3O/c1-6(2)4-20-8(18-5-19-20)3-7(21)9(10(12,13)14)11(15,16)17/h5-7,9,21H,3-4H2,1-2H3. The number of aliphatic hydroxyl groups is 1. The topological polar surface area (TPSA) is 50.9 Å². The van der Waals surface area contributed by atoms with Crippen LogP contribution in [0, 0.1) is 11.8 Å². The van der Waals surface area contributed by atoms with Gasteiger partial charge in [0.1, 0.15) is 12.2 Å². The quantitative estimate of drug-likeness (QED) is 0.849. The maximum atomic E-state index is 12.5. The Labute approximate surface area is 116 Å². The van der Waals surface area contributed by atoms with Crippen LogP contribution in [0.5, 0.6) is 0 Å². The molecule has 1 rings (SSSR count). The molecule has 0 aliphatic rings. The molecule has 1 N–H and O–H groups in total. The van der Waals surface area contributed by atoms with Gasteiger partial charge in [-0.3, -0.25) is 0 Å². The molecule has 0 amide bonds. The van der Waals surface area contributed by atoms with Gasteiger partial charge in [-0.25, -0.2) is 9.67 Å². The summed E-state index contributed by atoms with van der Waals surface area (Å²) in [6, 6.07) is 0. The van der Waals surface area contributed by atoms with Crippen LogP contribution >= 0.6 is 0 Å². The Balaban J connectivity index is 2.93. The molecule has 21 heavy (non-hydrogen) atoms. The normalized spacial score (nSPS) is 15.0. The van der Waals surface area contributed by atoms with E-state index in [4.69, 9.17) is 0 Å². The Kier molecular flexibility index (Phi) is 5.24. The third kappa shape index (κ3) is 4.87. The van der Waals surface area contributed by atoms with Gasteiger partial charge in [0.15, 0.2) is 5.92 Å². The van der Waals surface area contributed by atoms with Crippen LogP contribution in [-0.4, -0.2) is 38.3 Å². The lowest BCUT2D eigenvalue weighted by atomic mass is 9.98. The van der Waals surface area contributed by atoms with Gasteiger partial charge >= 0.3 is 12.4 Å². The second-order valence-corrected chi connectivity index (χ2v) is 5.08. The van der Waals surface area contributed by atoms with Crippen LogP contribution < -0.4 is 0 Å². The Morgan fingerprint density at radius 2 is 1.67 bits per heavy atom. The van der Waals surface area contributed by atoms with E-state index in [9.17, 15) is 31.4 Å². The first-order valence-electron chi connectivity index (χ1n) is 6.11. The Morgan fingerprint density at radius 1 is 1.14 bits per heavy atom. The fourth-order valence-corrected chi connectivity index (χ4v) is 1.87. The van der Waals surface area contributed by atoms with Crippen molar-refractivity contribution in [3.63, 3.8) is 0 Å². The van der Waals surface area contributed by atoms with Crippen LogP contribution in [0.4, 0.5) is 26.3 Å². The number of alkyl halides is 6. The van der Waals surface area contributed by atoms with Gasteiger partial charge in [0.25, 0.3) is 0 Å². The number of hydrogen-bond acceptors (Lipinski definition) is 3. The van der Waals surface area contributed by atoms with Crippen LogP contribution in [0.15, 0.2) is 6.33 Å². The highest BCUT2D eigenvalue weighted by atomic mass is 19.4. The summed E-state index contributed by atoms with van der Waals surface area (Å²) in [6.07, 6.45) is -13.7. The maximum absolute atomic E-state index is 12.5. The molecule has 4 nitrogen and oxygen atoms in total. The molecule has 0 radical (unpaired) electrons. The summed E-state index contributed by atoms with van der Waals surface area (Å²) < 4.78 is 76.1. The maximum Gasteiger partial charge on any atom is 0.403 e. The van der Waals surface area contributed by atoms with E-state index < -0.39 is 30.8 Å². The Hall–Kier alpha value is -1.32. The number of aromatic nitrogens is 3. The van der Waals surface area contributed by atoms with Gasteiger partial charge < -0.3 is 5.11 Å². The summed E-state index contributed by atoms with van der Waals surface area (Å²) >= 11 is 0. The molecule has 0 bridgehead atoms. The first-order valence-corrected chi connectivity index (χ1v) is 6.11. The predicted octanol–water partition coefficient (Wildman–Crippen LogP) is 2.58. The molecule has 1 unspecified atom stereocenters. The highest BCUT2D eigenvalue weighted by Crippen LogP contribution is 2.41. The molecule has 122 valence electrons. The fraction of sp³-hybridized carbons (Fsp3) is 0.818. The third-order valence-corrected chi connectivity index (χ3v) is 2.72. The van der Waals surface area contributed by atoms with Crippen molar-refractivity contribution in [1.82, 2.24) is 14.8 Å². The zero-order valence-corrected chi connectivity index (χ0v) is 11.3. The molecule has 0 saturated heterocycles. The summed E-state index contributed by atoms with van der Waals surface area (Å²) in [5.74, 6) is -3.85. The van der Waals surface area contributed by atoms with Gasteiger partial charge in [0, 0.05) is 13.0 Å². The van der Waals surface area contributed by atoms with Crippen LogP contribution in [0.25, 0.3) is 0 Å². The number of nitrogens with zero attached hydrogens (tertiary/aromatic N) is 3. The second kappa shape index (κ2) is 6.20. The van der Waals surface area contributed by atoms with E-state index in [2.05, 4.69) is 10.1 Å². The van der Waals surface area contributed by atoms with E-state index >= 15 is 0 Å². The molecule has 1 aromatic heterocycles. The summed E-state index contributed by atoms with van der Waals surface area (Å²) in [7, 11) is 0. The first-order chi connectivity index (χ1) is 9.43. The Bertz CT molecular complexity index is 440. The van der Waals surface area contributed by atoms with Crippen molar-refractivity contribution in [1.29, 1.82) is 0 Å². The van der Waals surface area contributed by atoms with E-state index in [1.807, 2.05) is 0 Å². The van der Waals surface area contributed by atoms with Gasteiger partial charge in [-0.15, -0.1) is 0 Å². The van der Waals surface area contributed by atoms with Gasteiger partial charge in [0.2, 0.25) is 0 Å². The summed E-state index contributed by atoms with van der Waals surface area (Å²) in [5, 5.41) is 13.1. The smallest absolute Gasteiger partial charge is 0.392 e. The number of aliphatic hydroxyl groups excluding tert-OH is 1. The van der Waals surface area contributed by atoms with Crippen molar-refractivity contribution in [2.45, 2.75) is 45.3 Å². The van der Waals surface area contributed by atoms with Crippen LogP contribution in [0.1, 0.15) is 19.7 Å². The zero-order valence-electron chi connectivity index (χ0n) is 11.3. The lowest BCUT2D eigenvalue weighted by Gasteiger charge is -2.27. The SMILES string of the molecule is CC(C)Cn1ncnc1CC(O)C(C(F)(F)F)C(F)(F)F. The van der Waals surface area contributed by atoms with Crippen molar-refractivity contribution >= 4 is 0 Å². The van der Waals surface area contributed by atoms with E-state index in [0.29, 0.717) is 0 Å². The predicted molar refractivity (Wildman–Crippen MR) is 60.2 cm³/mol. The summed E-state index contributed by atoms with van der Waals surface area (Å²) in [4.78, 5) is 3.61. The van der Waals surface area contributed by atoms with Crippen molar-refractivity contribution in [2.75, 3.05) is 0 Å². The largest absolute Gasteiger partial charge is 0.403 e. The highest BCUT2D eigenvalue weighted by Gasteiger charge is 2.60. The van der Waals surface area contributed by atoms with Crippen LogP contribution in [0.3, 0.4) is 0 Å². The van der Waals surface area contributed by atoms with Crippen LogP contribution in [0.2, 0.25) is 0 Å². The van der Waals surface area contributed by atoms with Crippen molar-refractivity contribution in [3.8, 4) is 0 Å². The third-order valence-electron chi connectivity index (χ3n) is 2.72. The average Bonchev–Trinajstić information content (AvgIpc) is 2.59. The van der Waals surface area contributed by atoms with E-state index in [-0.39, 0.29) is 18.3 Å². The number of halogens is 6. The minimum absolute atomic E-state index is 0.0728. The average molecular weight is 319 g/mol. The van der Waals surface area contributed by atoms with E-state index in [0.717, 1.165) is 6.33 Å². The molecule has 0 spiro atoms. The molecule has 0 aromatic carbocycles. The summed E-state index contributed by atoms with van der Waals surface area (Å²) in [6.45, 7) is 3.89. The molecule has 1 heterocycles. The van der Waals surface area contributed by atoms with Crippen molar-refractivity contribution < 1.29 is 31.4 Å². The molecule has 10 heteroatoms. The molecule has 0 saturated carbocycles. The molecule has 0 aliphatic heterocycles. The first kappa shape index (κ1) is 17.7. The van der Waals surface area contributed by atoms with Crippen LogP contribution in [-0.2, 0) is 13.0 Å². The lowest BCUT2D eigenvalue weighted by Crippen LogP contribution is -2.46. The van der Waals surface area contributed by atoms with Gasteiger partial charge in [-0.05, 0) is 5.92 Å². The zero-order chi connectivity index (χ0) is 16.4. The Morgan fingerprint density at radius 3 is 2.10 bits per heavy atom. The highest BCUT2D eigenvalue weighted by molar-refractivity contribution is 4.93. The molecule has 1 atom stereocenters. The van der Waals surface area contributed by atoms with Crippen molar-refractivity contribution in [3.05, 3.63) is 12.2 Å². The molecular weight excluding hydrogens is 304 g/mol. The molecular formula is C11H15F6N3O. The minimum Gasteiger partial charge on any atom is -0.392 e. The number of rotatable bonds is 5. The lowest BCUT2D eigenvalue weighted by molar-refractivity contribution is -0.306. The van der Waals surface area contributed by atoms with Gasteiger partial charge in [0.05, 0.1) is 6.10 Å². The number of hydrogen-bond donors (Lipinski definition) is 1. The summed E-state index contributed by atoms with van der Waals surface area (Å²) in [5.41, 5.74) is 0. The van der Waals surface area contributed by atoms with Gasteiger partial charge in [-0.1, -0.05) is 13.8 Å². The fourth-order valence-electron chi connectivity index (χ4n) is 1.87. The minimum atomic E-state index is -5.58. The van der Waals surface area contributed by atoms with E-state index in [1.165, 1.54) is 4.68 Å². The van der Waals surface area contributed by atoms with Crippen molar-refractivity contribution in [2.24, 2.45) is 11.8 Å². The second-order valence-electron chi connectivity index (χ2n) is 5.08. The van der Waals surface area contributed by atoms with E-state index in [1.54, 1.807) is 13.8 Å². The molecule has 0 fully saturated rings.